The lowest BCUT2D eigenvalue weighted by molar-refractivity contribution is -0.143. The average molecular weight is 461 g/mol. The highest BCUT2D eigenvalue weighted by Gasteiger charge is 2.21. The first-order valence-corrected chi connectivity index (χ1v) is 11.5. The van der Waals surface area contributed by atoms with Gasteiger partial charge in [0.2, 0.25) is 11.6 Å². The molecule has 8 nitrogen and oxygen atoms in total. The van der Waals surface area contributed by atoms with E-state index in [1.807, 2.05) is 0 Å². The van der Waals surface area contributed by atoms with Gasteiger partial charge in [-0.15, -0.1) is 15.7 Å². The fourth-order valence-corrected chi connectivity index (χ4v) is 6.31. The van der Waals surface area contributed by atoms with Gasteiger partial charge in [-0.1, -0.05) is 22.9 Å². The van der Waals surface area contributed by atoms with Crippen molar-refractivity contribution in [1.82, 2.24) is 4.57 Å². The number of sulfonamides is 1. The summed E-state index contributed by atoms with van der Waals surface area (Å²) in [6.45, 7) is 1.83. The Morgan fingerprint density at radius 2 is 2.04 bits per heavy atom. The second kappa shape index (κ2) is 7.39. The minimum Gasteiger partial charge on any atom is -0.465 e. The molecule has 148 valence electrons. The smallest absolute Gasteiger partial charge is 0.326 e. The van der Waals surface area contributed by atoms with Crippen LogP contribution in [0.1, 0.15) is 6.92 Å². The van der Waals surface area contributed by atoms with Crippen LogP contribution < -0.4 is 14.3 Å². The largest absolute Gasteiger partial charge is 0.465 e. The molecule has 1 aliphatic heterocycles. The Morgan fingerprint density at radius 1 is 1.29 bits per heavy atom. The van der Waals surface area contributed by atoms with E-state index >= 15 is 0 Å². The van der Waals surface area contributed by atoms with E-state index in [9.17, 15) is 13.2 Å². The van der Waals surface area contributed by atoms with Crippen LogP contribution in [-0.2, 0) is 26.1 Å². The second-order valence-corrected chi connectivity index (χ2v) is 10.1. The van der Waals surface area contributed by atoms with Gasteiger partial charge in [0.05, 0.1) is 21.2 Å². The number of carbonyl (C=O) groups is 1. The molecule has 2 aromatic heterocycles. The number of aromatic nitrogens is 1. The number of esters is 1. The van der Waals surface area contributed by atoms with Crippen molar-refractivity contribution in [2.45, 2.75) is 17.7 Å². The number of hydrogen-bond acceptors (Lipinski definition) is 8. The number of benzene rings is 1. The zero-order valence-electron chi connectivity index (χ0n) is 14.4. The van der Waals surface area contributed by atoms with E-state index in [1.165, 1.54) is 16.7 Å². The lowest BCUT2D eigenvalue weighted by Crippen LogP contribution is -2.23. The molecule has 0 unspecified atom stereocenters. The van der Waals surface area contributed by atoms with Gasteiger partial charge >= 0.3 is 5.97 Å². The molecule has 3 aromatic rings. The molecule has 0 spiro atoms. The standard InChI is InChI=1S/C16H13ClN2O6S3/c1-2-23-14(20)7-19-9-5-10-11(25-8-24-10)6-12(9)26-16(19)18-28(21,22)15-4-3-13(17)27-15/h3-6H,2,7-8H2,1H3/b18-16-. The van der Waals surface area contributed by atoms with Crippen LogP contribution in [-0.4, -0.2) is 32.4 Å². The summed E-state index contributed by atoms with van der Waals surface area (Å²) in [6.07, 6.45) is 0. The van der Waals surface area contributed by atoms with Gasteiger partial charge in [0.1, 0.15) is 10.8 Å². The summed E-state index contributed by atoms with van der Waals surface area (Å²) in [4.78, 5) is 12.2. The van der Waals surface area contributed by atoms with E-state index < -0.39 is 16.0 Å². The third-order valence-corrected chi connectivity index (χ3v) is 7.89. The van der Waals surface area contributed by atoms with E-state index in [2.05, 4.69) is 4.40 Å². The fourth-order valence-electron chi connectivity index (χ4n) is 2.60. The van der Waals surface area contributed by atoms with Gasteiger partial charge in [0, 0.05) is 12.1 Å². The fraction of sp³-hybridized carbons (Fsp3) is 0.250. The van der Waals surface area contributed by atoms with Crippen LogP contribution in [0, 0.1) is 0 Å². The maximum Gasteiger partial charge on any atom is 0.326 e. The van der Waals surface area contributed by atoms with E-state index in [0.717, 1.165) is 22.7 Å². The quantitative estimate of drug-likeness (QED) is 0.543. The maximum atomic E-state index is 12.7. The molecule has 28 heavy (non-hydrogen) atoms. The van der Waals surface area contributed by atoms with Crippen molar-refractivity contribution in [3.8, 4) is 11.5 Å². The van der Waals surface area contributed by atoms with Gasteiger partial charge < -0.3 is 18.8 Å². The Labute approximate surface area is 172 Å². The highest BCUT2D eigenvalue weighted by Crippen LogP contribution is 2.37. The Hall–Kier alpha value is -2.08. The predicted molar refractivity (Wildman–Crippen MR) is 105 cm³/mol. The Kier molecular flexibility index (Phi) is 5.08. The molecule has 0 amide bonds. The third-order valence-electron chi connectivity index (χ3n) is 3.77. The lowest BCUT2D eigenvalue weighted by Gasteiger charge is -2.05. The van der Waals surface area contributed by atoms with E-state index in [4.69, 9.17) is 25.8 Å². The van der Waals surface area contributed by atoms with Crippen LogP contribution in [0.4, 0.5) is 0 Å². The number of halogens is 1. The van der Waals surface area contributed by atoms with Crippen LogP contribution in [0.15, 0.2) is 32.9 Å². The highest BCUT2D eigenvalue weighted by molar-refractivity contribution is 7.92. The maximum absolute atomic E-state index is 12.7. The number of carbonyl (C=O) groups excluding carboxylic acids is 1. The van der Waals surface area contributed by atoms with Crippen molar-refractivity contribution in [2.24, 2.45) is 4.40 Å². The van der Waals surface area contributed by atoms with Crippen LogP contribution in [0.25, 0.3) is 10.2 Å². The lowest BCUT2D eigenvalue weighted by atomic mass is 10.3. The minimum absolute atomic E-state index is 0.0202. The third kappa shape index (κ3) is 3.62. The van der Waals surface area contributed by atoms with Gasteiger partial charge in [-0.3, -0.25) is 4.79 Å². The Morgan fingerprint density at radius 3 is 2.71 bits per heavy atom. The van der Waals surface area contributed by atoms with Crippen LogP contribution >= 0.6 is 34.3 Å². The first-order chi connectivity index (χ1) is 13.4. The molecule has 4 rings (SSSR count). The zero-order valence-corrected chi connectivity index (χ0v) is 17.6. The van der Waals surface area contributed by atoms with Gasteiger partial charge in [0.15, 0.2) is 11.5 Å². The summed E-state index contributed by atoms with van der Waals surface area (Å²) >= 11 is 7.88. The molecular weight excluding hydrogens is 448 g/mol. The number of thiazole rings is 1. The highest BCUT2D eigenvalue weighted by atomic mass is 35.5. The number of fused-ring (bicyclic) bond motifs is 2. The number of hydrogen-bond donors (Lipinski definition) is 0. The van der Waals surface area contributed by atoms with Crippen LogP contribution in [0.5, 0.6) is 11.5 Å². The topological polar surface area (TPSA) is 96.2 Å². The van der Waals surface area contributed by atoms with Crippen molar-refractivity contribution in [3.05, 3.63) is 33.4 Å². The van der Waals surface area contributed by atoms with Crippen molar-refractivity contribution in [3.63, 3.8) is 0 Å². The first kappa shape index (κ1) is 19.2. The average Bonchev–Trinajstić information content (AvgIpc) is 3.33. The first-order valence-electron chi connectivity index (χ1n) is 8.02. The van der Waals surface area contributed by atoms with Crippen LogP contribution in [0.2, 0.25) is 4.34 Å². The van der Waals surface area contributed by atoms with Crippen molar-refractivity contribution >= 4 is 60.5 Å². The SMILES string of the molecule is CCOC(=O)Cn1/c(=N/S(=O)(=O)c2ccc(Cl)s2)sc2cc3c(cc21)OCO3. The van der Waals surface area contributed by atoms with Gasteiger partial charge in [-0.25, -0.2) is 0 Å². The summed E-state index contributed by atoms with van der Waals surface area (Å²) in [6, 6.07) is 6.31. The molecule has 0 atom stereocenters. The summed E-state index contributed by atoms with van der Waals surface area (Å²) in [5.41, 5.74) is 0.598. The van der Waals surface area contributed by atoms with E-state index in [0.29, 0.717) is 26.1 Å². The van der Waals surface area contributed by atoms with E-state index in [-0.39, 0.29) is 29.0 Å². The predicted octanol–water partition coefficient (Wildman–Crippen LogP) is 3.00. The summed E-state index contributed by atoms with van der Waals surface area (Å²) < 4.78 is 47.6. The second-order valence-electron chi connectivity index (χ2n) is 5.57. The summed E-state index contributed by atoms with van der Waals surface area (Å²) in [7, 11) is -3.99. The monoisotopic (exact) mass is 460 g/mol. The molecule has 0 radical (unpaired) electrons. The van der Waals surface area contributed by atoms with E-state index in [1.54, 1.807) is 19.1 Å². The number of thiophene rings is 1. The zero-order chi connectivity index (χ0) is 19.9. The molecular formula is C16H13ClN2O6S3. The van der Waals surface area contributed by atoms with Gasteiger partial charge in [-0.2, -0.15) is 8.42 Å². The molecule has 0 saturated carbocycles. The Balaban J connectivity index is 1.90. The molecule has 0 saturated heterocycles. The minimum atomic E-state index is -3.99. The molecule has 0 aliphatic carbocycles. The van der Waals surface area contributed by atoms with Gasteiger partial charge in [0.25, 0.3) is 10.0 Å². The summed E-state index contributed by atoms with van der Waals surface area (Å²) in [5, 5.41) is 0. The van der Waals surface area contributed by atoms with Crippen LogP contribution in [0.3, 0.4) is 0 Å². The molecule has 12 heteroatoms. The molecule has 1 aromatic carbocycles. The molecule has 1 aliphatic rings. The summed E-state index contributed by atoms with van der Waals surface area (Å²) in [5.74, 6) is 0.566. The normalized spacial score (nSPS) is 14.0. The number of ether oxygens (including phenoxy) is 3. The number of rotatable bonds is 5. The molecule has 3 heterocycles. The van der Waals surface area contributed by atoms with Crippen molar-refractivity contribution in [1.29, 1.82) is 0 Å². The Bertz CT molecular complexity index is 1240. The molecule has 0 N–H and O–H groups in total. The number of nitrogens with zero attached hydrogens (tertiary/aromatic N) is 2. The van der Waals surface area contributed by atoms with Gasteiger partial charge in [-0.05, 0) is 19.1 Å². The van der Waals surface area contributed by atoms with Crippen molar-refractivity contribution < 1.29 is 27.4 Å². The molecule has 0 fully saturated rings. The molecule has 0 bridgehead atoms. The van der Waals surface area contributed by atoms with Crippen molar-refractivity contribution in [2.75, 3.05) is 13.4 Å².